The van der Waals surface area contributed by atoms with Crippen molar-refractivity contribution in [3.8, 4) is 0 Å². The number of aromatic nitrogens is 1. The average Bonchev–Trinajstić information content (AvgIpc) is 3.21. The number of nitrogens with one attached hydrogen (secondary N) is 2. The summed E-state index contributed by atoms with van der Waals surface area (Å²) < 4.78 is 40.2. The number of piperidine rings is 1. The molecule has 3 heterocycles. The zero-order valence-corrected chi connectivity index (χ0v) is 16.3. The summed E-state index contributed by atoms with van der Waals surface area (Å²) in [4.78, 5) is 18.6. The summed E-state index contributed by atoms with van der Waals surface area (Å²) in [6.45, 7) is 4.25. The first-order valence-electron chi connectivity index (χ1n) is 10.1. The Labute approximate surface area is 167 Å². The number of amides is 1. The van der Waals surface area contributed by atoms with Gasteiger partial charge in [-0.2, -0.15) is 13.2 Å². The fraction of sp³-hybridized carbons (Fsp3) is 0.524. The summed E-state index contributed by atoms with van der Waals surface area (Å²) in [6.07, 6.45) is -0.377. The summed E-state index contributed by atoms with van der Waals surface area (Å²) in [6, 6.07) is 5.80. The van der Waals surface area contributed by atoms with E-state index in [2.05, 4.69) is 27.4 Å². The van der Waals surface area contributed by atoms with Gasteiger partial charge in [0.15, 0.2) is 0 Å². The lowest BCUT2D eigenvalue weighted by atomic mass is 9.94. The molecule has 2 fully saturated rings. The lowest BCUT2D eigenvalue weighted by Gasteiger charge is -2.39. The second kappa shape index (κ2) is 7.82. The molecule has 3 atom stereocenters. The van der Waals surface area contributed by atoms with E-state index < -0.39 is 11.7 Å². The molecule has 8 heteroatoms. The molecule has 2 aliphatic heterocycles. The van der Waals surface area contributed by atoms with E-state index in [-0.39, 0.29) is 23.5 Å². The zero-order chi connectivity index (χ0) is 20.6. The molecule has 2 aromatic rings. The van der Waals surface area contributed by atoms with Gasteiger partial charge in [0.2, 0.25) is 5.91 Å². The fourth-order valence-electron chi connectivity index (χ4n) is 4.53. The smallest absolute Gasteiger partial charge is 0.369 e. The van der Waals surface area contributed by atoms with Crippen LogP contribution in [0.4, 0.5) is 18.9 Å². The SMILES string of the molecule is C[C@H]1C[C@@H](NC(=O)[C@@H]2CCCN2)CN(c2ccc(C(F)(F)F)c3ncccc23)C1. The van der Waals surface area contributed by atoms with Crippen LogP contribution in [0, 0.1) is 5.92 Å². The largest absolute Gasteiger partial charge is 0.418 e. The number of hydrogen-bond donors (Lipinski definition) is 2. The highest BCUT2D eigenvalue weighted by atomic mass is 19.4. The number of rotatable bonds is 3. The van der Waals surface area contributed by atoms with Crippen molar-refractivity contribution in [2.24, 2.45) is 5.92 Å². The molecular weight excluding hydrogens is 381 g/mol. The first-order chi connectivity index (χ1) is 13.8. The van der Waals surface area contributed by atoms with Crippen molar-refractivity contribution in [2.75, 3.05) is 24.5 Å². The molecule has 0 bridgehead atoms. The molecule has 1 aromatic carbocycles. The first kappa shape index (κ1) is 19.9. The van der Waals surface area contributed by atoms with Crippen LogP contribution in [0.15, 0.2) is 30.5 Å². The number of hydrogen-bond acceptors (Lipinski definition) is 4. The van der Waals surface area contributed by atoms with E-state index in [4.69, 9.17) is 0 Å². The Morgan fingerprint density at radius 2 is 2.10 bits per heavy atom. The van der Waals surface area contributed by atoms with Crippen molar-refractivity contribution in [1.82, 2.24) is 15.6 Å². The molecule has 29 heavy (non-hydrogen) atoms. The van der Waals surface area contributed by atoms with Gasteiger partial charge in [-0.05, 0) is 56.0 Å². The molecule has 1 amide bonds. The third-order valence-electron chi connectivity index (χ3n) is 5.78. The molecule has 5 nitrogen and oxygen atoms in total. The Kier molecular flexibility index (Phi) is 5.38. The normalized spacial score (nSPS) is 25.4. The monoisotopic (exact) mass is 406 g/mol. The molecule has 0 aliphatic carbocycles. The molecular formula is C21H25F3N4O. The summed E-state index contributed by atoms with van der Waals surface area (Å²) >= 11 is 0. The van der Waals surface area contributed by atoms with Crippen LogP contribution in [-0.2, 0) is 11.0 Å². The Hall–Kier alpha value is -2.35. The Morgan fingerprint density at radius 3 is 2.83 bits per heavy atom. The van der Waals surface area contributed by atoms with Crippen LogP contribution in [0.1, 0.15) is 31.7 Å². The molecule has 0 spiro atoms. The Morgan fingerprint density at radius 1 is 1.28 bits per heavy atom. The van der Waals surface area contributed by atoms with Gasteiger partial charge < -0.3 is 15.5 Å². The van der Waals surface area contributed by atoms with Gasteiger partial charge in [-0.15, -0.1) is 0 Å². The minimum Gasteiger partial charge on any atom is -0.369 e. The molecule has 0 unspecified atom stereocenters. The molecule has 2 aliphatic rings. The highest BCUT2D eigenvalue weighted by molar-refractivity contribution is 5.94. The third-order valence-corrected chi connectivity index (χ3v) is 5.78. The van der Waals surface area contributed by atoms with E-state index >= 15 is 0 Å². The van der Waals surface area contributed by atoms with E-state index in [0.717, 1.165) is 44.1 Å². The predicted octanol–water partition coefficient (Wildman–Crippen LogP) is 3.34. The van der Waals surface area contributed by atoms with Gasteiger partial charge in [0.1, 0.15) is 0 Å². The Balaban J connectivity index is 1.60. The Bertz CT molecular complexity index is 895. The zero-order valence-electron chi connectivity index (χ0n) is 16.3. The lowest BCUT2D eigenvalue weighted by molar-refractivity contribution is -0.136. The van der Waals surface area contributed by atoms with Crippen LogP contribution in [0.5, 0.6) is 0 Å². The van der Waals surface area contributed by atoms with Crippen molar-refractivity contribution in [3.05, 3.63) is 36.0 Å². The summed E-state index contributed by atoms with van der Waals surface area (Å²) in [5.74, 6) is 0.320. The number of pyridine rings is 1. The molecule has 4 rings (SSSR count). The number of fused-ring (bicyclic) bond motifs is 1. The van der Waals surface area contributed by atoms with E-state index in [1.807, 2.05) is 0 Å². The first-order valence-corrected chi connectivity index (χ1v) is 10.1. The van der Waals surface area contributed by atoms with Gasteiger partial charge in [0.25, 0.3) is 0 Å². The quantitative estimate of drug-likeness (QED) is 0.821. The molecule has 0 radical (unpaired) electrons. The predicted molar refractivity (Wildman–Crippen MR) is 106 cm³/mol. The lowest BCUT2D eigenvalue weighted by Crippen LogP contribution is -2.53. The van der Waals surface area contributed by atoms with Crippen molar-refractivity contribution in [1.29, 1.82) is 0 Å². The van der Waals surface area contributed by atoms with Crippen LogP contribution >= 0.6 is 0 Å². The van der Waals surface area contributed by atoms with Gasteiger partial charge in [-0.1, -0.05) is 6.92 Å². The van der Waals surface area contributed by atoms with Crippen molar-refractivity contribution >= 4 is 22.5 Å². The number of halogens is 3. The van der Waals surface area contributed by atoms with Gasteiger partial charge >= 0.3 is 6.18 Å². The van der Waals surface area contributed by atoms with Crippen LogP contribution in [0.3, 0.4) is 0 Å². The number of carbonyl (C=O) groups excluding carboxylic acids is 1. The maximum absolute atomic E-state index is 13.4. The van der Waals surface area contributed by atoms with Gasteiger partial charge in [0, 0.05) is 36.4 Å². The second-order valence-electron chi connectivity index (χ2n) is 8.13. The third kappa shape index (κ3) is 4.17. The number of benzene rings is 1. The highest BCUT2D eigenvalue weighted by Gasteiger charge is 2.35. The fourth-order valence-corrected chi connectivity index (χ4v) is 4.53. The molecule has 0 saturated carbocycles. The van der Waals surface area contributed by atoms with Crippen molar-refractivity contribution in [3.63, 3.8) is 0 Å². The topological polar surface area (TPSA) is 57.3 Å². The van der Waals surface area contributed by atoms with Crippen molar-refractivity contribution in [2.45, 2.75) is 44.4 Å². The molecule has 2 saturated heterocycles. The van der Waals surface area contributed by atoms with E-state index in [9.17, 15) is 18.0 Å². The minimum atomic E-state index is -4.45. The maximum Gasteiger partial charge on any atom is 0.418 e. The van der Waals surface area contributed by atoms with Gasteiger partial charge in [-0.3, -0.25) is 9.78 Å². The van der Waals surface area contributed by atoms with Crippen LogP contribution in [-0.4, -0.2) is 42.6 Å². The van der Waals surface area contributed by atoms with Crippen LogP contribution < -0.4 is 15.5 Å². The summed E-state index contributed by atoms with van der Waals surface area (Å²) in [5.41, 5.74) is -0.0311. The minimum absolute atomic E-state index is 0.0143. The number of nitrogens with zero attached hydrogens (tertiary/aromatic N) is 2. The standard InChI is InChI=1S/C21H25F3N4O/c1-13-10-14(27-20(29)17-5-3-8-25-17)12-28(11-13)18-7-6-16(21(22,23)24)19-15(18)4-2-9-26-19/h2,4,6-7,9,13-14,17,25H,3,5,8,10-12H2,1H3,(H,27,29)/t13-,14+,17-/m0/s1. The average molecular weight is 406 g/mol. The van der Waals surface area contributed by atoms with Gasteiger partial charge in [-0.25, -0.2) is 0 Å². The molecule has 1 aromatic heterocycles. The maximum atomic E-state index is 13.4. The summed E-state index contributed by atoms with van der Waals surface area (Å²) in [5, 5.41) is 6.83. The van der Waals surface area contributed by atoms with Gasteiger partial charge in [0.05, 0.1) is 17.1 Å². The number of carbonyl (C=O) groups is 1. The van der Waals surface area contributed by atoms with E-state index in [0.29, 0.717) is 17.8 Å². The van der Waals surface area contributed by atoms with Crippen LogP contribution in [0.25, 0.3) is 10.9 Å². The second-order valence-corrected chi connectivity index (χ2v) is 8.13. The molecule has 156 valence electrons. The van der Waals surface area contributed by atoms with E-state index in [1.54, 1.807) is 12.1 Å². The highest BCUT2D eigenvalue weighted by Crippen LogP contribution is 2.38. The number of alkyl halides is 3. The van der Waals surface area contributed by atoms with Crippen molar-refractivity contribution < 1.29 is 18.0 Å². The number of anilines is 1. The summed E-state index contributed by atoms with van der Waals surface area (Å²) in [7, 11) is 0. The van der Waals surface area contributed by atoms with Crippen LogP contribution in [0.2, 0.25) is 0 Å². The molecule has 2 N–H and O–H groups in total. The van der Waals surface area contributed by atoms with E-state index in [1.165, 1.54) is 12.3 Å².